The summed E-state index contributed by atoms with van der Waals surface area (Å²) in [4.78, 5) is 16.7. The number of nitrogens with two attached hydrogens (primary N) is 1. The first-order valence-electron chi connectivity index (χ1n) is 8.92. The van der Waals surface area contributed by atoms with Crippen LogP contribution in [0.4, 0.5) is 26.4 Å². The normalized spacial score (nSPS) is 12.4. The van der Waals surface area contributed by atoms with Crippen molar-refractivity contribution in [2.75, 3.05) is 24.8 Å². The molecule has 3 N–H and O–H groups in total. The summed E-state index contributed by atoms with van der Waals surface area (Å²) in [5, 5.41) is 8.12. The molecule has 1 atom stereocenters. The number of pyridine rings is 1. The van der Waals surface area contributed by atoms with Gasteiger partial charge in [0.25, 0.3) is 0 Å². The molecule has 4 heterocycles. The van der Waals surface area contributed by atoms with Crippen molar-refractivity contribution in [1.29, 1.82) is 0 Å². The van der Waals surface area contributed by atoms with Gasteiger partial charge in [0.1, 0.15) is 23.3 Å². The SMILES string of the molecule is COCC(c1ncc(F)cc1F)c1nn(C)c2nc(N)nc(Nc3cn(C)cn3)c12. The molecule has 1 unspecified atom stereocenters. The fraction of sp³-hybridized carbons (Fsp3) is 0.278. The predicted octanol–water partition coefficient (Wildman–Crippen LogP) is 1.87. The number of nitrogens with one attached hydrogen (secondary N) is 1. The Bertz CT molecular complexity index is 1220. The molecular formula is C18H19F2N9O. The van der Waals surface area contributed by atoms with Crippen LogP contribution in [0.25, 0.3) is 11.0 Å². The highest BCUT2D eigenvalue weighted by molar-refractivity contribution is 5.92. The molecule has 0 amide bonds. The molecule has 0 saturated heterocycles. The lowest BCUT2D eigenvalue weighted by Gasteiger charge is -2.15. The van der Waals surface area contributed by atoms with Crippen molar-refractivity contribution in [2.24, 2.45) is 14.1 Å². The van der Waals surface area contributed by atoms with Gasteiger partial charge in [0.05, 0.1) is 41.8 Å². The molecule has 0 saturated carbocycles. The minimum Gasteiger partial charge on any atom is -0.384 e. The van der Waals surface area contributed by atoms with Crippen LogP contribution in [0.15, 0.2) is 24.8 Å². The molecule has 0 fully saturated rings. The average Bonchev–Trinajstić information content (AvgIpc) is 3.23. The molecule has 0 bridgehead atoms. The number of nitrogen functional groups attached to an aromatic ring is 1. The zero-order valence-electron chi connectivity index (χ0n) is 16.5. The number of ether oxygens (including phenoxy) is 1. The van der Waals surface area contributed by atoms with Gasteiger partial charge in [0.2, 0.25) is 5.95 Å². The fourth-order valence-corrected chi connectivity index (χ4v) is 3.26. The minimum absolute atomic E-state index is 0.00105. The maximum Gasteiger partial charge on any atom is 0.224 e. The average molecular weight is 415 g/mol. The van der Waals surface area contributed by atoms with Crippen molar-refractivity contribution in [1.82, 2.24) is 34.3 Å². The zero-order chi connectivity index (χ0) is 21.4. The van der Waals surface area contributed by atoms with Gasteiger partial charge in [-0.2, -0.15) is 15.1 Å². The summed E-state index contributed by atoms with van der Waals surface area (Å²) in [6, 6.07) is 0.775. The first kappa shape index (κ1) is 19.6. The van der Waals surface area contributed by atoms with Gasteiger partial charge in [-0.25, -0.2) is 18.4 Å². The van der Waals surface area contributed by atoms with E-state index in [4.69, 9.17) is 10.5 Å². The first-order chi connectivity index (χ1) is 14.4. The van der Waals surface area contributed by atoms with Crippen LogP contribution in [-0.4, -0.2) is 48.0 Å². The second-order valence-electron chi connectivity index (χ2n) is 6.72. The van der Waals surface area contributed by atoms with Crippen molar-refractivity contribution in [3.63, 3.8) is 0 Å². The quantitative estimate of drug-likeness (QED) is 0.490. The molecule has 156 valence electrons. The van der Waals surface area contributed by atoms with E-state index in [0.717, 1.165) is 12.3 Å². The first-order valence-corrected chi connectivity index (χ1v) is 8.92. The molecule has 4 rings (SSSR count). The van der Waals surface area contributed by atoms with Crippen LogP contribution in [-0.2, 0) is 18.8 Å². The summed E-state index contributed by atoms with van der Waals surface area (Å²) in [5.74, 6) is -1.40. The van der Waals surface area contributed by atoms with Gasteiger partial charge < -0.3 is 20.4 Å². The standard InChI is InChI=1S/C18H19F2N9O/c1-28-6-12(23-8-28)24-16-13-15(27-29(2)17(13)26-18(21)25-16)10(7-30-3)14-11(20)4-9(19)5-22-14/h4-6,8,10H,7H2,1-3H3,(H3,21,24,25,26). The van der Waals surface area contributed by atoms with Crippen molar-refractivity contribution >= 4 is 28.6 Å². The van der Waals surface area contributed by atoms with Gasteiger partial charge in [-0.3, -0.25) is 4.98 Å². The monoisotopic (exact) mass is 415 g/mol. The molecule has 0 aliphatic carbocycles. The Hall–Kier alpha value is -3.67. The smallest absolute Gasteiger partial charge is 0.224 e. The van der Waals surface area contributed by atoms with Crippen LogP contribution in [0.3, 0.4) is 0 Å². The molecule has 10 nitrogen and oxygen atoms in total. The van der Waals surface area contributed by atoms with Gasteiger partial charge in [-0.1, -0.05) is 0 Å². The van der Waals surface area contributed by atoms with Gasteiger partial charge in [-0.05, 0) is 0 Å². The van der Waals surface area contributed by atoms with Crippen LogP contribution < -0.4 is 11.1 Å². The molecular weight excluding hydrogens is 396 g/mol. The molecule has 0 radical (unpaired) electrons. The Balaban J connectivity index is 1.92. The Morgan fingerprint density at radius 1 is 1.20 bits per heavy atom. The number of hydrogen-bond donors (Lipinski definition) is 2. The number of rotatable bonds is 6. The second-order valence-corrected chi connectivity index (χ2v) is 6.72. The second kappa shape index (κ2) is 7.63. The number of fused-ring (bicyclic) bond motifs is 1. The van der Waals surface area contributed by atoms with E-state index in [-0.39, 0.29) is 18.2 Å². The van der Waals surface area contributed by atoms with Crippen LogP contribution in [0.1, 0.15) is 17.3 Å². The van der Waals surface area contributed by atoms with E-state index in [1.165, 1.54) is 11.8 Å². The number of anilines is 3. The molecule has 4 aromatic heterocycles. The Labute approximate surface area is 169 Å². The van der Waals surface area contributed by atoms with Gasteiger partial charge in [-0.15, -0.1) is 0 Å². The highest BCUT2D eigenvalue weighted by Gasteiger charge is 2.28. The summed E-state index contributed by atoms with van der Waals surface area (Å²) < 4.78 is 36.5. The molecule has 0 aliphatic heterocycles. The topological polar surface area (TPSA) is 122 Å². The van der Waals surface area contributed by atoms with E-state index >= 15 is 0 Å². The summed E-state index contributed by atoms with van der Waals surface area (Å²) in [7, 11) is 4.98. The third-order valence-corrected chi connectivity index (χ3v) is 4.51. The lowest BCUT2D eigenvalue weighted by atomic mass is 9.98. The Kier molecular flexibility index (Phi) is 4.99. The number of imidazole rings is 1. The maximum atomic E-state index is 14.6. The van der Waals surface area contributed by atoms with E-state index in [2.05, 4.69) is 30.4 Å². The van der Waals surface area contributed by atoms with Crippen LogP contribution >= 0.6 is 0 Å². The summed E-state index contributed by atoms with van der Waals surface area (Å²) in [6.45, 7) is 0.0507. The molecule has 0 spiro atoms. The summed E-state index contributed by atoms with van der Waals surface area (Å²) in [5.41, 5.74) is 6.72. The summed E-state index contributed by atoms with van der Waals surface area (Å²) >= 11 is 0. The molecule has 12 heteroatoms. The lowest BCUT2D eigenvalue weighted by molar-refractivity contribution is 0.186. The molecule has 4 aromatic rings. The minimum atomic E-state index is -0.800. The maximum absolute atomic E-state index is 14.6. The fourth-order valence-electron chi connectivity index (χ4n) is 3.26. The number of hydrogen-bond acceptors (Lipinski definition) is 8. The highest BCUT2D eigenvalue weighted by Crippen LogP contribution is 2.34. The van der Waals surface area contributed by atoms with E-state index < -0.39 is 17.6 Å². The van der Waals surface area contributed by atoms with Gasteiger partial charge >= 0.3 is 0 Å². The molecule has 0 aromatic carbocycles. The summed E-state index contributed by atoms with van der Waals surface area (Å²) in [6.07, 6.45) is 4.33. The molecule has 30 heavy (non-hydrogen) atoms. The number of nitrogens with zero attached hydrogens (tertiary/aromatic N) is 7. The number of methoxy groups -OCH3 is 1. The van der Waals surface area contributed by atoms with Crippen molar-refractivity contribution in [2.45, 2.75) is 5.92 Å². The van der Waals surface area contributed by atoms with Crippen LogP contribution in [0.2, 0.25) is 0 Å². The van der Waals surface area contributed by atoms with Crippen molar-refractivity contribution < 1.29 is 13.5 Å². The third-order valence-electron chi connectivity index (χ3n) is 4.51. The lowest BCUT2D eigenvalue weighted by Crippen LogP contribution is -2.14. The zero-order valence-corrected chi connectivity index (χ0v) is 16.5. The molecule has 0 aliphatic rings. The Morgan fingerprint density at radius 3 is 2.67 bits per heavy atom. The number of aryl methyl sites for hydroxylation is 2. The van der Waals surface area contributed by atoms with Gasteiger partial charge in [0.15, 0.2) is 5.65 Å². The van der Waals surface area contributed by atoms with E-state index in [1.807, 2.05) is 7.05 Å². The Morgan fingerprint density at radius 2 is 2.00 bits per heavy atom. The predicted molar refractivity (Wildman–Crippen MR) is 105 cm³/mol. The van der Waals surface area contributed by atoms with E-state index in [1.54, 1.807) is 24.1 Å². The van der Waals surface area contributed by atoms with E-state index in [9.17, 15) is 8.78 Å². The van der Waals surface area contributed by atoms with Crippen LogP contribution in [0.5, 0.6) is 0 Å². The number of aromatic nitrogens is 7. The van der Waals surface area contributed by atoms with Crippen molar-refractivity contribution in [3.8, 4) is 0 Å². The third kappa shape index (κ3) is 3.52. The van der Waals surface area contributed by atoms with Crippen LogP contribution in [0, 0.1) is 11.6 Å². The largest absolute Gasteiger partial charge is 0.384 e. The highest BCUT2D eigenvalue weighted by atomic mass is 19.1. The number of halogens is 2. The van der Waals surface area contributed by atoms with Crippen molar-refractivity contribution in [3.05, 3.63) is 47.8 Å². The van der Waals surface area contributed by atoms with Gasteiger partial charge in [0, 0.05) is 33.5 Å². The van der Waals surface area contributed by atoms with E-state index in [0.29, 0.717) is 28.4 Å².